The van der Waals surface area contributed by atoms with Crippen LogP contribution in [0.2, 0.25) is 0 Å². The largest absolute Gasteiger partial charge is 0.345 e. The van der Waals surface area contributed by atoms with Gasteiger partial charge in [-0.2, -0.15) is 0 Å². The summed E-state index contributed by atoms with van der Waals surface area (Å²) < 4.78 is 0. The van der Waals surface area contributed by atoms with Gasteiger partial charge < -0.3 is 10.2 Å². The van der Waals surface area contributed by atoms with Crippen molar-refractivity contribution in [2.24, 2.45) is 0 Å². The first-order chi connectivity index (χ1) is 9.26. The highest BCUT2D eigenvalue weighted by molar-refractivity contribution is 5.62. The summed E-state index contributed by atoms with van der Waals surface area (Å²) in [5, 5.41) is 3.33. The van der Waals surface area contributed by atoms with Gasteiger partial charge in [-0.1, -0.05) is 37.3 Å². The van der Waals surface area contributed by atoms with Crippen LogP contribution in [0.15, 0.2) is 54.6 Å². The highest BCUT2D eigenvalue weighted by atomic mass is 15.1. The molecule has 1 N–H and O–H groups in total. The van der Waals surface area contributed by atoms with E-state index in [1.807, 2.05) is 13.1 Å². The first-order valence-corrected chi connectivity index (χ1v) is 6.82. The molecule has 2 aromatic carbocycles. The molecular formula is C17H22N2. The van der Waals surface area contributed by atoms with Gasteiger partial charge in [0.25, 0.3) is 0 Å². The number of para-hydroxylation sites is 1. The second-order valence-corrected chi connectivity index (χ2v) is 4.74. The Morgan fingerprint density at radius 2 is 1.53 bits per heavy atom. The Labute approximate surface area is 116 Å². The lowest BCUT2D eigenvalue weighted by Gasteiger charge is -2.21. The molecule has 2 nitrogen and oxygen atoms in total. The lowest BCUT2D eigenvalue weighted by Crippen LogP contribution is -2.15. The third kappa shape index (κ3) is 3.15. The molecular weight excluding hydrogens is 232 g/mol. The second-order valence-electron chi connectivity index (χ2n) is 4.74. The molecule has 0 aromatic heterocycles. The minimum absolute atomic E-state index is 0.441. The maximum absolute atomic E-state index is 3.33. The lowest BCUT2D eigenvalue weighted by atomic mass is 10.0. The number of hydrogen-bond acceptors (Lipinski definition) is 2. The van der Waals surface area contributed by atoms with Crippen LogP contribution in [0.1, 0.15) is 24.9 Å². The Balaban J connectivity index is 2.19. The zero-order valence-corrected chi connectivity index (χ0v) is 11.9. The average molecular weight is 254 g/mol. The van der Waals surface area contributed by atoms with Crippen LogP contribution in [0, 0.1) is 0 Å². The quantitative estimate of drug-likeness (QED) is 0.863. The Morgan fingerprint density at radius 3 is 2.05 bits per heavy atom. The van der Waals surface area contributed by atoms with E-state index < -0.39 is 0 Å². The normalized spacial score (nSPS) is 12.2. The minimum Gasteiger partial charge on any atom is -0.345 e. The molecule has 0 amide bonds. The maximum Gasteiger partial charge on any atom is 0.0408 e. The summed E-state index contributed by atoms with van der Waals surface area (Å²) in [7, 11) is 4.11. The van der Waals surface area contributed by atoms with Gasteiger partial charge in [0.15, 0.2) is 0 Å². The molecule has 0 spiro atoms. The summed E-state index contributed by atoms with van der Waals surface area (Å²) in [6.07, 6.45) is 1.10. The van der Waals surface area contributed by atoms with Gasteiger partial charge in [0.2, 0.25) is 0 Å². The van der Waals surface area contributed by atoms with Crippen molar-refractivity contribution in [1.29, 1.82) is 0 Å². The SMILES string of the molecule is CCC(NC)c1ccc(N(C)c2ccccc2)cc1. The first-order valence-electron chi connectivity index (χ1n) is 6.82. The van der Waals surface area contributed by atoms with E-state index in [0.29, 0.717) is 6.04 Å². The molecule has 1 atom stereocenters. The summed E-state index contributed by atoms with van der Waals surface area (Å²) >= 11 is 0. The van der Waals surface area contributed by atoms with E-state index in [2.05, 4.69) is 72.7 Å². The molecule has 0 radical (unpaired) electrons. The summed E-state index contributed by atoms with van der Waals surface area (Å²) in [4.78, 5) is 2.20. The topological polar surface area (TPSA) is 15.3 Å². The van der Waals surface area contributed by atoms with Gasteiger partial charge >= 0.3 is 0 Å². The van der Waals surface area contributed by atoms with Crippen molar-refractivity contribution in [2.75, 3.05) is 19.0 Å². The summed E-state index contributed by atoms with van der Waals surface area (Å²) in [5.41, 5.74) is 3.76. The predicted octanol–water partition coefficient (Wildman–Crippen LogP) is 4.13. The minimum atomic E-state index is 0.441. The van der Waals surface area contributed by atoms with Crippen molar-refractivity contribution in [3.05, 3.63) is 60.2 Å². The summed E-state index contributed by atoms with van der Waals surface area (Å²) in [5.74, 6) is 0. The summed E-state index contributed by atoms with van der Waals surface area (Å²) in [6.45, 7) is 2.20. The Bertz CT molecular complexity index is 486. The van der Waals surface area contributed by atoms with E-state index in [1.165, 1.54) is 16.9 Å². The number of nitrogens with one attached hydrogen (secondary N) is 1. The molecule has 100 valence electrons. The molecule has 0 heterocycles. The van der Waals surface area contributed by atoms with E-state index in [4.69, 9.17) is 0 Å². The third-order valence-electron chi connectivity index (χ3n) is 3.58. The number of hydrogen-bond donors (Lipinski definition) is 1. The van der Waals surface area contributed by atoms with Crippen molar-refractivity contribution in [2.45, 2.75) is 19.4 Å². The van der Waals surface area contributed by atoms with Gasteiger partial charge in [0.1, 0.15) is 0 Å². The van der Waals surface area contributed by atoms with Gasteiger partial charge in [-0.15, -0.1) is 0 Å². The van der Waals surface area contributed by atoms with Crippen LogP contribution in [0.5, 0.6) is 0 Å². The van der Waals surface area contributed by atoms with Crippen molar-refractivity contribution in [1.82, 2.24) is 5.32 Å². The fourth-order valence-electron chi connectivity index (χ4n) is 2.34. The molecule has 2 rings (SSSR count). The van der Waals surface area contributed by atoms with E-state index in [9.17, 15) is 0 Å². The van der Waals surface area contributed by atoms with Gasteiger partial charge in [0, 0.05) is 24.5 Å². The Morgan fingerprint density at radius 1 is 0.947 bits per heavy atom. The van der Waals surface area contributed by atoms with E-state index in [-0.39, 0.29) is 0 Å². The highest BCUT2D eigenvalue weighted by Gasteiger charge is 2.07. The average Bonchev–Trinajstić information content (AvgIpc) is 2.49. The van der Waals surface area contributed by atoms with E-state index in [0.717, 1.165) is 6.42 Å². The molecule has 0 aliphatic heterocycles. The molecule has 0 aliphatic carbocycles. The van der Waals surface area contributed by atoms with Crippen LogP contribution in [0.3, 0.4) is 0 Å². The van der Waals surface area contributed by atoms with Crippen LogP contribution in [0.25, 0.3) is 0 Å². The molecule has 0 bridgehead atoms. The second kappa shape index (κ2) is 6.39. The number of rotatable bonds is 5. The zero-order chi connectivity index (χ0) is 13.7. The summed E-state index contributed by atoms with van der Waals surface area (Å²) in [6, 6.07) is 19.6. The monoisotopic (exact) mass is 254 g/mol. The number of benzene rings is 2. The van der Waals surface area contributed by atoms with Crippen LogP contribution in [-0.2, 0) is 0 Å². The van der Waals surface area contributed by atoms with Crippen molar-refractivity contribution < 1.29 is 0 Å². The maximum atomic E-state index is 3.33. The molecule has 0 saturated heterocycles. The van der Waals surface area contributed by atoms with Crippen LogP contribution >= 0.6 is 0 Å². The van der Waals surface area contributed by atoms with Crippen LogP contribution < -0.4 is 10.2 Å². The molecule has 2 heteroatoms. The van der Waals surface area contributed by atoms with Gasteiger partial charge in [-0.3, -0.25) is 0 Å². The van der Waals surface area contributed by atoms with Crippen molar-refractivity contribution in [3.63, 3.8) is 0 Å². The Hall–Kier alpha value is -1.80. The molecule has 0 fully saturated rings. The zero-order valence-electron chi connectivity index (χ0n) is 11.9. The fraction of sp³-hybridized carbons (Fsp3) is 0.294. The number of anilines is 2. The van der Waals surface area contributed by atoms with Gasteiger partial charge in [-0.05, 0) is 43.3 Å². The van der Waals surface area contributed by atoms with Crippen molar-refractivity contribution in [3.8, 4) is 0 Å². The third-order valence-corrected chi connectivity index (χ3v) is 3.58. The Kier molecular flexibility index (Phi) is 4.58. The van der Waals surface area contributed by atoms with Gasteiger partial charge in [-0.25, -0.2) is 0 Å². The molecule has 0 aliphatic rings. The first kappa shape index (κ1) is 13.6. The molecule has 19 heavy (non-hydrogen) atoms. The van der Waals surface area contributed by atoms with Crippen molar-refractivity contribution >= 4 is 11.4 Å². The van der Waals surface area contributed by atoms with E-state index in [1.54, 1.807) is 0 Å². The smallest absolute Gasteiger partial charge is 0.0408 e. The standard InChI is InChI=1S/C17H22N2/c1-4-17(18-2)14-10-12-16(13-11-14)19(3)15-8-6-5-7-9-15/h5-13,17-18H,4H2,1-3H3. The molecule has 2 aromatic rings. The molecule has 1 unspecified atom stereocenters. The number of nitrogens with zero attached hydrogens (tertiary/aromatic N) is 1. The van der Waals surface area contributed by atoms with Gasteiger partial charge in [0.05, 0.1) is 0 Å². The fourth-order valence-corrected chi connectivity index (χ4v) is 2.34. The predicted molar refractivity (Wildman–Crippen MR) is 83.0 cm³/mol. The van der Waals surface area contributed by atoms with Crippen LogP contribution in [0.4, 0.5) is 11.4 Å². The molecule has 0 saturated carbocycles. The van der Waals surface area contributed by atoms with E-state index >= 15 is 0 Å². The van der Waals surface area contributed by atoms with Crippen LogP contribution in [-0.4, -0.2) is 14.1 Å². The lowest BCUT2D eigenvalue weighted by molar-refractivity contribution is 0.577. The highest BCUT2D eigenvalue weighted by Crippen LogP contribution is 2.25.